The van der Waals surface area contributed by atoms with Gasteiger partial charge in [-0.25, -0.2) is 0 Å². The molecule has 0 aliphatic heterocycles. The van der Waals surface area contributed by atoms with E-state index in [2.05, 4.69) is 33.5 Å². The van der Waals surface area contributed by atoms with Crippen molar-refractivity contribution in [2.75, 3.05) is 5.32 Å². The highest BCUT2D eigenvalue weighted by Gasteiger charge is 2.41. The molecule has 2 saturated carbocycles. The van der Waals surface area contributed by atoms with Crippen molar-refractivity contribution in [3.8, 4) is 0 Å². The average Bonchev–Trinajstić information content (AvgIpc) is 3.03. The first-order chi connectivity index (χ1) is 9.61. The molecular formula is C16H21BrN2S. The molecule has 1 aromatic rings. The summed E-state index contributed by atoms with van der Waals surface area (Å²) in [6.07, 6.45) is 5.72. The van der Waals surface area contributed by atoms with Gasteiger partial charge in [-0.15, -0.1) is 0 Å². The third-order valence-corrected chi connectivity index (χ3v) is 5.64. The highest BCUT2D eigenvalue weighted by Crippen LogP contribution is 2.49. The molecule has 3 rings (SSSR count). The van der Waals surface area contributed by atoms with E-state index in [1.54, 1.807) is 0 Å². The summed E-state index contributed by atoms with van der Waals surface area (Å²) >= 11 is 8.87. The number of rotatable bonds is 3. The molecular weight excluding hydrogens is 332 g/mol. The predicted molar refractivity (Wildman–Crippen MR) is 91.9 cm³/mol. The summed E-state index contributed by atoms with van der Waals surface area (Å²) < 4.78 is 1.08. The molecule has 4 heteroatoms. The van der Waals surface area contributed by atoms with Gasteiger partial charge >= 0.3 is 0 Å². The van der Waals surface area contributed by atoms with Crippen molar-refractivity contribution < 1.29 is 0 Å². The maximum atomic E-state index is 5.43. The fraction of sp³-hybridized carbons (Fsp3) is 0.562. The number of nitrogens with one attached hydrogen (secondary N) is 2. The molecule has 0 radical (unpaired) electrons. The summed E-state index contributed by atoms with van der Waals surface area (Å²) in [6, 6.07) is 8.57. The van der Waals surface area contributed by atoms with E-state index in [9.17, 15) is 0 Å². The molecule has 2 nitrogen and oxygen atoms in total. The van der Waals surface area contributed by atoms with Gasteiger partial charge in [0.15, 0.2) is 5.11 Å². The minimum atomic E-state index is 0.473. The van der Waals surface area contributed by atoms with Crippen LogP contribution >= 0.6 is 28.1 Å². The minimum Gasteiger partial charge on any atom is -0.360 e. The number of halogens is 1. The molecule has 0 spiro atoms. The number of hydrogen-bond acceptors (Lipinski definition) is 1. The average molecular weight is 353 g/mol. The van der Waals surface area contributed by atoms with Gasteiger partial charge in [0.1, 0.15) is 0 Å². The van der Waals surface area contributed by atoms with Crippen LogP contribution in [0.2, 0.25) is 0 Å². The lowest BCUT2D eigenvalue weighted by Crippen LogP contribution is -2.42. The molecule has 2 aliphatic rings. The number of anilines is 1. The van der Waals surface area contributed by atoms with Gasteiger partial charge in [0.05, 0.1) is 0 Å². The van der Waals surface area contributed by atoms with Crippen LogP contribution in [0.3, 0.4) is 0 Å². The van der Waals surface area contributed by atoms with E-state index in [4.69, 9.17) is 12.2 Å². The first-order valence-corrected chi connectivity index (χ1v) is 8.65. The van der Waals surface area contributed by atoms with Crippen LogP contribution in [0.4, 0.5) is 5.69 Å². The van der Waals surface area contributed by atoms with Gasteiger partial charge in [-0.05, 0) is 80.4 Å². The molecule has 4 atom stereocenters. The van der Waals surface area contributed by atoms with Gasteiger partial charge < -0.3 is 10.6 Å². The Morgan fingerprint density at radius 1 is 1.25 bits per heavy atom. The van der Waals surface area contributed by atoms with E-state index in [-0.39, 0.29) is 0 Å². The molecule has 0 amide bonds. The maximum Gasteiger partial charge on any atom is 0.170 e. The van der Waals surface area contributed by atoms with Gasteiger partial charge in [0.2, 0.25) is 0 Å². The SMILES string of the molecule is CC(NC(=S)Nc1ccc(Br)cc1)C1CC2CCC1C2. The summed E-state index contributed by atoms with van der Waals surface area (Å²) in [5.74, 6) is 2.72. The Kier molecular flexibility index (Phi) is 4.32. The van der Waals surface area contributed by atoms with Crippen molar-refractivity contribution >= 4 is 38.9 Å². The van der Waals surface area contributed by atoms with Crippen molar-refractivity contribution in [3.63, 3.8) is 0 Å². The number of thiocarbonyl (C=S) groups is 1. The molecule has 2 fully saturated rings. The van der Waals surface area contributed by atoms with E-state index in [1.807, 2.05) is 24.3 Å². The van der Waals surface area contributed by atoms with Crippen LogP contribution in [0.15, 0.2) is 28.7 Å². The third kappa shape index (κ3) is 3.17. The fourth-order valence-corrected chi connectivity index (χ4v) is 4.49. The Bertz CT molecular complexity index is 488. The molecule has 20 heavy (non-hydrogen) atoms. The smallest absolute Gasteiger partial charge is 0.170 e. The van der Waals surface area contributed by atoms with Crippen molar-refractivity contribution in [2.45, 2.75) is 38.6 Å². The monoisotopic (exact) mass is 352 g/mol. The van der Waals surface area contributed by atoms with Gasteiger partial charge in [-0.1, -0.05) is 22.4 Å². The Morgan fingerprint density at radius 2 is 2.00 bits per heavy atom. The quantitative estimate of drug-likeness (QED) is 0.779. The highest BCUT2D eigenvalue weighted by atomic mass is 79.9. The molecule has 0 heterocycles. The lowest BCUT2D eigenvalue weighted by Gasteiger charge is -2.29. The van der Waals surface area contributed by atoms with Crippen LogP contribution in [0.1, 0.15) is 32.6 Å². The zero-order valence-corrected chi connectivity index (χ0v) is 14.1. The molecule has 0 saturated heterocycles. The Hall–Kier alpha value is -0.610. The number of hydrogen-bond donors (Lipinski definition) is 2. The Morgan fingerprint density at radius 3 is 2.60 bits per heavy atom. The predicted octanol–water partition coefficient (Wildman–Crippen LogP) is 4.56. The number of fused-ring (bicyclic) bond motifs is 2. The molecule has 108 valence electrons. The van der Waals surface area contributed by atoms with Crippen molar-refractivity contribution in [1.29, 1.82) is 0 Å². The Labute approximate surface area is 134 Å². The van der Waals surface area contributed by atoms with Crippen LogP contribution in [-0.2, 0) is 0 Å². The largest absolute Gasteiger partial charge is 0.360 e. The molecule has 1 aromatic carbocycles. The standard InChI is InChI=1S/C16H21BrN2S/c1-10(15-9-11-2-3-12(15)8-11)18-16(20)19-14-6-4-13(17)5-7-14/h4-7,10-12,15H,2-3,8-9H2,1H3,(H2,18,19,20). The van der Waals surface area contributed by atoms with Gasteiger partial charge in [-0.2, -0.15) is 0 Å². The molecule has 2 N–H and O–H groups in total. The molecule has 2 bridgehead atoms. The molecule has 2 aliphatic carbocycles. The van der Waals surface area contributed by atoms with Gasteiger partial charge in [0.25, 0.3) is 0 Å². The van der Waals surface area contributed by atoms with E-state index < -0.39 is 0 Å². The van der Waals surface area contributed by atoms with E-state index in [0.29, 0.717) is 6.04 Å². The highest BCUT2D eigenvalue weighted by molar-refractivity contribution is 9.10. The first kappa shape index (κ1) is 14.3. The maximum absolute atomic E-state index is 5.43. The summed E-state index contributed by atoms with van der Waals surface area (Å²) in [5, 5.41) is 7.48. The minimum absolute atomic E-state index is 0.473. The van der Waals surface area contributed by atoms with Crippen molar-refractivity contribution in [1.82, 2.24) is 5.32 Å². The lowest BCUT2D eigenvalue weighted by atomic mass is 9.84. The van der Waals surface area contributed by atoms with Crippen LogP contribution in [0, 0.1) is 17.8 Å². The second-order valence-electron chi connectivity index (χ2n) is 6.23. The zero-order chi connectivity index (χ0) is 14.1. The van der Waals surface area contributed by atoms with E-state index >= 15 is 0 Å². The van der Waals surface area contributed by atoms with E-state index in [1.165, 1.54) is 25.7 Å². The van der Waals surface area contributed by atoms with Crippen LogP contribution < -0.4 is 10.6 Å². The van der Waals surface area contributed by atoms with Gasteiger partial charge in [-0.3, -0.25) is 0 Å². The molecule has 0 aromatic heterocycles. The Balaban J connectivity index is 1.52. The summed E-state index contributed by atoms with van der Waals surface area (Å²) in [6.45, 7) is 2.28. The lowest BCUT2D eigenvalue weighted by molar-refractivity contribution is 0.279. The first-order valence-electron chi connectivity index (χ1n) is 7.45. The second kappa shape index (κ2) is 6.02. The fourth-order valence-electron chi connectivity index (χ4n) is 3.92. The summed E-state index contributed by atoms with van der Waals surface area (Å²) in [4.78, 5) is 0. The topological polar surface area (TPSA) is 24.1 Å². The zero-order valence-electron chi connectivity index (χ0n) is 11.7. The van der Waals surface area contributed by atoms with E-state index in [0.717, 1.165) is 33.0 Å². The molecule has 4 unspecified atom stereocenters. The summed E-state index contributed by atoms with van der Waals surface area (Å²) in [5.41, 5.74) is 1.03. The van der Waals surface area contributed by atoms with Crippen LogP contribution in [-0.4, -0.2) is 11.2 Å². The number of benzene rings is 1. The van der Waals surface area contributed by atoms with Crippen molar-refractivity contribution in [3.05, 3.63) is 28.7 Å². The normalized spacial score (nSPS) is 29.2. The third-order valence-electron chi connectivity index (χ3n) is 4.90. The van der Waals surface area contributed by atoms with Gasteiger partial charge in [0, 0.05) is 16.2 Å². The van der Waals surface area contributed by atoms with Crippen LogP contribution in [0.25, 0.3) is 0 Å². The van der Waals surface area contributed by atoms with Crippen LogP contribution in [0.5, 0.6) is 0 Å². The second-order valence-corrected chi connectivity index (χ2v) is 7.56. The summed E-state index contributed by atoms with van der Waals surface area (Å²) in [7, 11) is 0. The van der Waals surface area contributed by atoms with Crippen molar-refractivity contribution in [2.24, 2.45) is 17.8 Å².